The van der Waals surface area contributed by atoms with Gasteiger partial charge in [0.25, 0.3) is 11.8 Å². The maximum Gasteiger partial charge on any atom is 0.259 e. The molecule has 0 saturated carbocycles. The van der Waals surface area contributed by atoms with E-state index in [1.807, 2.05) is 0 Å². The van der Waals surface area contributed by atoms with Crippen molar-refractivity contribution in [2.24, 2.45) is 5.10 Å². The molecule has 0 saturated heterocycles. The van der Waals surface area contributed by atoms with E-state index in [0.29, 0.717) is 16.7 Å². The summed E-state index contributed by atoms with van der Waals surface area (Å²) in [6.07, 6.45) is 1.57. The lowest BCUT2D eigenvalue weighted by Gasteiger charge is -2.04. The smallest absolute Gasteiger partial charge is 0.259 e. The number of fused-ring (bicyclic) bond motifs is 1. The summed E-state index contributed by atoms with van der Waals surface area (Å²) in [6, 6.07) is 5.11. The topological polar surface area (TPSA) is 61.8 Å². The molecule has 1 N–H and O–H groups in total. The van der Waals surface area contributed by atoms with Gasteiger partial charge in [0.1, 0.15) is 0 Å². The summed E-state index contributed by atoms with van der Waals surface area (Å²) < 4.78 is 0. The van der Waals surface area contributed by atoms with E-state index in [0.717, 1.165) is 0 Å². The van der Waals surface area contributed by atoms with Gasteiger partial charge in [0, 0.05) is 19.7 Å². The van der Waals surface area contributed by atoms with E-state index in [1.54, 1.807) is 43.5 Å². The molecule has 0 bridgehead atoms. The molecule has 0 aromatic heterocycles. The molecule has 1 aliphatic heterocycles. The van der Waals surface area contributed by atoms with Crippen molar-refractivity contribution in [3.05, 3.63) is 34.9 Å². The van der Waals surface area contributed by atoms with Gasteiger partial charge in [0.2, 0.25) is 0 Å². The molecule has 1 heterocycles. The van der Waals surface area contributed by atoms with Crippen LogP contribution >= 0.6 is 0 Å². The highest BCUT2D eigenvalue weighted by Gasteiger charge is 2.28. The lowest BCUT2D eigenvalue weighted by molar-refractivity contribution is 0.0879. The van der Waals surface area contributed by atoms with Crippen LogP contribution in [0.2, 0.25) is 0 Å². The Morgan fingerprint density at radius 3 is 2.69 bits per heavy atom. The summed E-state index contributed by atoms with van der Waals surface area (Å²) in [5, 5.41) is 7.93. The predicted molar refractivity (Wildman–Crippen MR) is 59.5 cm³/mol. The molecular weight excluding hydrogens is 206 g/mol. The monoisotopic (exact) mass is 217 g/mol. The lowest BCUT2D eigenvalue weighted by Crippen LogP contribution is -2.20. The molecule has 0 atom stereocenters. The molecule has 82 valence electrons. The Kier molecular flexibility index (Phi) is 2.44. The Balaban J connectivity index is 2.49. The quantitative estimate of drug-likeness (QED) is 0.445. The first-order valence-corrected chi connectivity index (χ1v) is 4.79. The Morgan fingerprint density at radius 2 is 2.00 bits per heavy atom. The van der Waals surface area contributed by atoms with E-state index in [-0.39, 0.29) is 11.8 Å². The maximum absolute atomic E-state index is 11.5. The number of imide groups is 1. The predicted octanol–water partition coefficient (Wildman–Crippen LogP) is 0.466. The zero-order valence-electron chi connectivity index (χ0n) is 9.02. The zero-order chi connectivity index (χ0) is 11.7. The van der Waals surface area contributed by atoms with Crippen LogP contribution in [0.3, 0.4) is 0 Å². The van der Waals surface area contributed by atoms with Crippen LogP contribution in [0.5, 0.6) is 0 Å². The summed E-state index contributed by atoms with van der Waals surface area (Å²) in [5.41, 5.74) is 1.46. The van der Waals surface area contributed by atoms with E-state index >= 15 is 0 Å². The fourth-order valence-corrected chi connectivity index (χ4v) is 1.53. The Hall–Kier alpha value is -2.17. The Labute approximate surface area is 92.7 Å². The number of hydrazone groups is 1. The second-order valence-corrected chi connectivity index (χ2v) is 3.64. The van der Waals surface area contributed by atoms with Crippen LogP contribution in [0.4, 0.5) is 0 Å². The first-order valence-electron chi connectivity index (χ1n) is 4.79. The molecule has 1 aromatic rings. The van der Waals surface area contributed by atoms with Crippen LogP contribution in [0, 0.1) is 0 Å². The van der Waals surface area contributed by atoms with Crippen LogP contribution in [0.25, 0.3) is 0 Å². The van der Waals surface area contributed by atoms with Gasteiger partial charge in [0.05, 0.1) is 17.3 Å². The van der Waals surface area contributed by atoms with Gasteiger partial charge in [0.15, 0.2) is 0 Å². The van der Waals surface area contributed by atoms with Gasteiger partial charge in [-0.15, -0.1) is 0 Å². The number of nitrogens with one attached hydrogen (secondary N) is 1. The molecule has 2 rings (SSSR count). The fraction of sp³-hybridized carbons (Fsp3) is 0.182. The summed E-state index contributed by atoms with van der Waals surface area (Å²) >= 11 is 0. The SMILES string of the molecule is CN(C)/N=C/c1cccc2c1C(=O)NC2=O. The second kappa shape index (κ2) is 3.77. The lowest BCUT2D eigenvalue weighted by atomic mass is 10.0. The molecule has 2 amide bonds. The molecule has 5 nitrogen and oxygen atoms in total. The van der Waals surface area contributed by atoms with Crippen LogP contribution in [0.15, 0.2) is 23.3 Å². The van der Waals surface area contributed by atoms with Gasteiger partial charge >= 0.3 is 0 Å². The van der Waals surface area contributed by atoms with Crippen molar-refractivity contribution in [3.8, 4) is 0 Å². The maximum atomic E-state index is 11.5. The van der Waals surface area contributed by atoms with Crippen LogP contribution in [-0.2, 0) is 0 Å². The van der Waals surface area contributed by atoms with Gasteiger partial charge in [-0.3, -0.25) is 14.9 Å². The number of benzene rings is 1. The van der Waals surface area contributed by atoms with E-state index < -0.39 is 0 Å². The number of rotatable bonds is 2. The number of amides is 2. The molecule has 0 spiro atoms. The number of hydrogen-bond donors (Lipinski definition) is 1. The highest BCUT2D eigenvalue weighted by molar-refractivity contribution is 6.23. The van der Waals surface area contributed by atoms with Crippen molar-refractivity contribution >= 4 is 18.0 Å². The van der Waals surface area contributed by atoms with Gasteiger partial charge in [-0.05, 0) is 6.07 Å². The summed E-state index contributed by atoms with van der Waals surface area (Å²) in [4.78, 5) is 22.9. The average molecular weight is 217 g/mol. The van der Waals surface area contributed by atoms with Crippen molar-refractivity contribution in [1.82, 2.24) is 10.3 Å². The van der Waals surface area contributed by atoms with Gasteiger partial charge < -0.3 is 5.01 Å². The Morgan fingerprint density at radius 1 is 1.25 bits per heavy atom. The summed E-state index contributed by atoms with van der Waals surface area (Å²) in [6.45, 7) is 0. The summed E-state index contributed by atoms with van der Waals surface area (Å²) in [7, 11) is 3.57. The van der Waals surface area contributed by atoms with E-state index in [1.165, 1.54) is 0 Å². The largest absolute Gasteiger partial charge is 0.303 e. The normalized spacial score (nSPS) is 14.1. The molecule has 16 heavy (non-hydrogen) atoms. The zero-order valence-corrected chi connectivity index (χ0v) is 9.02. The number of nitrogens with zero attached hydrogens (tertiary/aromatic N) is 2. The molecule has 1 aromatic carbocycles. The van der Waals surface area contributed by atoms with Crippen LogP contribution in [0.1, 0.15) is 26.3 Å². The third-order valence-electron chi connectivity index (χ3n) is 2.22. The minimum Gasteiger partial charge on any atom is -0.303 e. The third-order valence-corrected chi connectivity index (χ3v) is 2.22. The molecule has 1 aliphatic rings. The molecular formula is C11H11N3O2. The van der Waals surface area contributed by atoms with Crippen molar-refractivity contribution in [2.75, 3.05) is 14.1 Å². The van der Waals surface area contributed by atoms with E-state index in [2.05, 4.69) is 10.4 Å². The van der Waals surface area contributed by atoms with Crippen molar-refractivity contribution in [2.45, 2.75) is 0 Å². The molecule has 0 aliphatic carbocycles. The molecule has 0 radical (unpaired) electrons. The molecule has 0 fully saturated rings. The standard InChI is InChI=1S/C11H11N3O2/c1-14(2)12-6-7-4-3-5-8-9(7)11(16)13-10(8)15/h3-6H,1-2H3,(H,13,15,16)/b12-6+. The van der Waals surface area contributed by atoms with E-state index in [9.17, 15) is 9.59 Å². The first kappa shape index (κ1) is 10.4. The first-order chi connectivity index (χ1) is 7.59. The van der Waals surface area contributed by atoms with Gasteiger partial charge in [-0.25, -0.2) is 0 Å². The average Bonchev–Trinajstić information content (AvgIpc) is 2.52. The van der Waals surface area contributed by atoms with Crippen LogP contribution in [-0.4, -0.2) is 37.1 Å². The highest BCUT2D eigenvalue weighted by Crippen LogP contribution is 2.18. The van der Waals surface area contributed by atoms with Crippen LogP contribution < -0.4 is 5.32 Å². The third kappa shape index (κ3) is 1.67. The number of carbonyl (C=O) groups is 2. The number of hydrogen-bond acceptors (Lipinski definition) is 4. The fourth-order valence-electron chi connectivity index (χ4n) is 1.53. The van der Waals surface area contributed by atoms with Crippen molar-refractivity contribution in [3.63, 3.8) is 0 Å². The Bertz CT molecular complexity index is 492. The molecule has 5 heteroatoms. The minimum absolute atomic E-state index is 0.347. The van der Waals surface area contributed by atoms with Crippen molar-refractivity contribution < 1.29 is 9.59 Å². The minimum atomic E-state index is -0.360. The molecule has 0 unspecified atom stereocenters. The van der Waals surface area contributed by atoms with Gasteiger partial charge in [-0.1, -0.05) is 12.1 Å². The van der Waals surface area contributed by atoms with Gasteiger partial charge in [-0.2, -0.15) is 5.10 Å². The number of carbonyl (C=O) groups excluding carboxylic acids is 2. The van der Waals surface area contributed by atoms with E-state index in [4.69, 9.17) is 0 Å². The highest BCUT2D eigenvalue weighted by atomic mass is 16.2. The summed E-state index contributed by atoms with van der Waals surface area (Å²) in [5.74, 6) is -0.707. The van der Waals surface area contributed by atoms with Crippen molar-refractivity contribution in [1.29, 1.82) is 0 Å². The second-order valence-electron chi connectivity index (χ2n) is 3.64.